The Kier molecular flexibility index (Phi) is 11.3. The number of nitrogens with one attached hydrogen (secondary N) is 1. The molecule has 0 amide bonds. The van der Waals surface area contributed by atoms with E-state index in [0.29, 0.717) is 0 Å². The van der Waals surface area contributed by atoms with E-state index in [1.54, 1.807) is 14.2 Å². The van der Waals surface area contributed by atoms with Gasteiger partial charge in [0.15, 0.2) is 17.5 Å². The van der Waals surface area contributed by atoms with Crippen LogP contribution in [-0.4, -0.2) is 83.0 Å². The third-order valence-corrected chi connectivity index (χ3v) is 6.33. The summed E-state index contributed by atoms with van der Waals surface area (Å²) >= 11 is 0. The summed E-state index contributed by atoms with van der Waals surface area (Å²) in [4.78, 5) is 9.50. The van der Waals surface area contributed by atoms with Crippen molar-refractivity contribution < 1.29 is 14.2 Å². The Balaban J connectivity index is 0.00000363. The number of methoxy groups -OCH3 is 2. The van der Waals surface area contributed by atoms with Crippen molar-refractivity contribution in [1.82, 2.24) is 15.1 Å². The molecular formula is C24H41IN4O3. The molecule has 2 fully saturated rings. The van der Waals surface area contributed by atoms with E-state index >= 15 is 0 Å². The molecule has 0 aliphatic carbocycles. The summed E-state index contributed by atoms with van der Waals surface area (Å²) in [5.74, 6) is 4.03. The van der Waals surface area contributed by atoms with Crippen LogP contribution in [0.4, 0.5) is 0 Å². The zero-order valence-corrected chi connectivity index (χ0v) is 22.6. The molecule has 0 bridgehead atoms. The Labute approximate surface area is 210 Å². The lowest BCUT2D eigenvalue weighted by atomic mass is 9.97. The molecule has 1 aromatic carbocycles. The third kappa shape index (κ3) is 7.12. The average Bonchev–Trinajstić information content (AvgIpc) is 3.24. The first-order chi connectivity index (χ1) is 15.0. The fraction of sp³-hybridized carbons (Fsp3) is 0.708. The number of aliphatic imine (C=N–C) groups is 1. The second kappa shape index (κ2) is 13.4. The summed E-state index contributed by atoms with van der Waals surface area (Å²) in [5.41, 5.74) is 1.21. The van der Waals surface area contributed by atoms with E-state index in [1.165, 1.54) is 18.4 Å². The lowest BCUT2D eigenvalue weighted by Crippen LogP contribution is -2.47. The normalized spacial score (nSPS) is 20.8. The highest BCUT2D eigenvalue weighted by Crippen LogP contribution is 2.32. The van der Waals surface area contributed by atoms with Crippen molar-refractivity contribution in [3.8, 4) is 11.5 Å². The smallest absolute Gasteiger partial charge is 0.193 e. The fourth-order valence-electron chi connectivity index (χ4n) is 4.81. The molecule has 8 heteroatoms. The minimum Gasteiger partial charge on any atom is -0.493 e. The minimum absolute atomic E-state index is 0. The van der Waals surface area contributed by atoms with Crippen LogP contribution in [0.25, 0.3) is 0 Å². The molecule has 2 atom stereocenters. The van der Waals surface area contributed by atoms with Crippen molar-refractivity contribution in [2.24, 2.45) is 16.8 Å². The van der Waals surface area contributed by atoms with Gasteiger partial charge in [-0.05, 0) is 42.4 Å². The van der Waals surface area contributed by atoms with Crippen LogP contribution < -0.4 is 14.8 Å². The molecule has 2 aliphatic heterocycles. The minimum atomic E-state index is 0. The van der Waals surface area contributed by atoms with E-state index in [2.05, 4.69) is 46.1 Å². The van der Waals surface area contributed by atoms with E-state index in [-0.39, 0.29) is 30.0 Å². The molecule has 0 saturated carbocycles. The van der Waals surface area contributed by atoms with Crippen molar-refractivity contribution in [2.45, 2.75) is 32.7 Å². The molecule has 0 spiro atoms. The predicted octanol–water partition coefficient (Wildman–Crippen LogP) is 3.64. The van der Waals surface area contributed by atoms with Crippen LogP contribution in [0.1, 0.15) is 38.3 Å². The van der Waals surface area contributed by atoms with Gasteiger partial charge in [0.2, 0.25) is 0 Å². The molecule has 3 rings (SSSR count). The number of halogens is 1. The van der Waals surface area contributed by atoms with Crippen molar-refractivity contribution in [1.29, 1.82) is 0 Å². The molecule has 2 heterocycles. The summed E-state index contributed by atoms with van der Waals surface area (Å²) in [6.07, 6.45) is 2.54. The monoisotopic (exact) mass is 560 g/mol. The van der Waals surface area contributed by atoms with Gasteiger partial charge in [0.25, 0.3) is 0 Å². The lowest BCUT2D eigenvalue weighted by molar-refractivity contribution is 0.0168. The van der Waals surface area contributed by atoms with Gasteiger partial charge in [-0.15, -0.1) is 24.0 Å². The van der Waals surface area contributed by atoms with Gasteiger partial charge < -0.3 is 24.4 Å². The maximum Gasteiger partial charge on any atom is 0.193 e. The molecule has 1 aromatic rings. The predicted molar refractivity (Wildman–Crippen MR) is 141 cm³/mol. The van der Waals surface area contributed by atoms with E-state index in [9.17, 15) is 0 Å². The van der Waals surface area contributed by atoms with Crippen molar-refractivity contribution >= 4 is 29.9 Å². The summed E-state index contributed by atoms with van der Waals surface area (Å²) in [5, 5.41) is 3.67. The second-order valence-corrected chi connectivity index (χ2v) is 8.94. The van der Waals surface area contributed by atoms with Crippen molar-refractivity contribution in [2.75, 3.05) is 67.2 Å². The fourth-order valence-corrected chi connectivity index (χ4v) is 4.81. The summed E-state index contributed by atoms with van der Waals surface area (Å²) in [6, 6.07) is 6.43. The van der Waals surface area contributed by atoms with E-state index < -0.39 is 0 Å². The number of likely N-dealkylation sites (tertiary alicyclic amines) is 1. The maximum absolute atomic E-state index is 5.60. The molecule has 2 saturated heterocycles. The summed E-state index contributed by atoms with van der Waals surface area (Å²) in [7, 11) is 5.25. The van der Waals surface area contributed by atoms with Crippen molar-refractivity contribution in [3.63, 3.8) is 0 Å². The first-order valence-corrected chi connectivity index (χ1v) is 11.5. The van der Waals surface area contributed by atoms with Crippen LogP contribution in [0.2, 0.25) is 0 Å². The Morgan fingerprint density at radius 1 is 1.16 bits per heavy atom. The van der Waals surface area contributed by atoms with Gasteiger partial charge in [0.1, 0.15) is 0 Å². The number of morpholine rings is 1. The van der Waals surface area contributed by atoms with Crippen LogP contribution in [0, 0.1) is 11.8 Å². The molecular weight excluding hydrogens is 519 g/mol. The Hall–Kier alpha value is -1.26. The van der Waals surface area contributed by atoms with Gasteiger partial charge in [-0.1, -0.05) is 19.9 Å². The van der Waals surface area contributed by atoms with E-state index in [1.807, 2.05) is 13.1 Å². The highest BCUT2D eigenvalue weighted by molar-refractivity contribution is 14.0. The second-order valence-electron chi connectivity index (χ2n) is 8.94. The number of ether oxygens (including phenoxy) is 3. The molecule has 32 heavy (non-hydrogen) atoms. The van der Waals surface area contributed by atoms with Crippen LogP contribution in [0.5, 0.6) is 11.5 Å². The van der Waals surface area contributed by atoms with E-state index in [0.717, 1.165) is 75.2 Å². The zero-order valence-electron chi connectivity index (χ0n) is 20.3. The van der Waals surface area contributed by atoms with Crippen LogP contribution in [0.3, 0.4) is 0 Å². The maximum atomic E-state index is 5.60. The topological polar surface area (TPSA) is 58.6 Å². The van der Waals surface area contributed by atoms with Gasteiger partial charge >= 0.3 is 0 Å². The number of hydrogen-bond donors (Lipinski definition) is 1. The molecule has 2 unspecified atom stereocenters. The first kappa shape index (κ1) is 27.0. The number of benzene rings is 1. The van der Waals surface area contributed by atoms with Gasteiger partial charge in [0.05, 0.1) is 33.5 Å². The Morgan fingerprint density at radius 3 is 2.50 bits per heavy atom. The van der Waals surface area contributed by atoms with Crippen LogP contribution >= 0.6 is 24.0 Å². The largest absolute Gasteiger partial charge is 0.493 e. The number of hydrogen-bond acceptors (Lipinski definition) is 5. The van der Waals surface area contributed by atoms with Gasteiger partial charge in [0, 0.05) is 39.8 Å². The number of guanidine groups is 1. The molecule has 1 N–H and O–H groups in total. The third-order valence-electron chi connectivity index (χ3n) is 6.33. The molecule has 0 aromatic heterocycles. The van der Waals surface area contributed by atoms with Crippen LogP contribution in [-0.2, 0) is 4.74 Å². The lowest BCUT2D eigenvalue weighted by Gasteiger charge is -2.36. The summed E-state index contributed by atoms with van der Waals surface area (Å²) < 4.78 is 16.6. The zero-order chi connectivity index (χ0) is 22.2. The van der Waals surface area contributed by atoms with Gasteiger partial charge in [-0.3, -0.25) is 9.89 Å². The Bertz CT molecular complexity index is 725. The average molecular weight is 561 g/mol. The van der Waals surface area contributed by atoms with E-state index in [4.69, 9.17) is 14.2 Å². The highest BCUT2D eigenvalue weighted by Gasteiger charge is 2.28. The quantitative estimate of drug-likeness (QED) is 0.298. The highest BCUT2D eigenvalue weighted by atomic mass is 127. The number of rotatable bonds is 8. The van der Waals surface area contributed by atoms with Crippen molar-refractivity contribution in [3.05, 3.63) is 23.8 Å². The number of nitrogens with zero attached hydrogens (tertiary/aromatic N) is 3. The Morgan fingerprint density at radius 2 is 1.88 bits per heavy atom. The molecule has 0 radical (unpaired) electrons. The molecule has 182 valence electrons. The standard InChI is InChI=1S/C24H40N4O3.HI/c1-18(2)14-19-8-9-28(17-19)24(25-3)26-16-21(27-10-12-31-13-11-27)20-6-7-22(29-4)23(15-20)30-5;/h6-7,15,18-19,21H,8-14,16-17H2,1-5H3,(H,25,26);1H. The molecule has 2 aliphatic rings. The van der Waals surface area contributed by atoms with Gasteiger partial charge in [-0.2, -0.15) is 0 Å². The van der Waals surface area contributed by atoms with Gasteiger partial charge in [-0.25, -0.2) is 0 Å². The summed E-state index contributed by atoms with van der Waals surface area (Å²) in [6.45, 7) is 10.9. The molecule has 7 nitrogen and oxygen atoms in total. The first-order valence-electron chi connectivity index (χ1n) is 11.5. The van der Waals surface area contributed by atoms with Crippen LogP contribution in [0.15, 0.2) is 23.2 Å². The SMILES string of the molecule is CN=C(NCC(c1ccc(OC)c(OC)c1)N1CCOCC1)N1CCC(CC(C)C)C1.I.